The van der Waals surface area contributed by atoms with Crippen LogP contribution in [0.1, 0.15) is 16.7 Å². The Morgan fingerprint density at radius 1 is 1.05 bits per heavy atom. The lowest BCUT2D eigenvalue weighted by Gasteiger charge is -2.08. The Kier molecular flexibility index (Phi) is 2.76. The summed E-state index contributed by atoms with van der Waals surface area (Å²) in [5.41, 5.74) is 12.6. The molecule has 19 heavy (non-hydrogen) atoms. The second-order valence-electron chi connectivity index (χ2n) is 4.45. The Hall–Kier alpha value is -2.62. The largest absolute Gasteiger partial charge is 0.399 e. The van der Waals surface area contributed by atoms with Gasteiger partial charge < -0.3 is 5.73 Å². The molecular weight excluding hydrogens is 238 g/mol. The van der Waals surface area contributed by atoms with E-state index in [0.29, 0.717) is 12.1 Å². The molecule has 0 saturated carbocycles. The van der Waals surface area contributed by atoms with E-state index < -0.39 is 0 Å². The fourth-order valence-corrected chi connectivity index (χ4v) is 2.16. The van der Waals surface area contributed by atoms with Crippen molar-refractivity contribution in [3.63, 3.8) is 0 Å². The van der Waals surface area contributed by atoms with Crippen molar-refractivity contribution in [2.24, 2.45) is 5.10 Å². The van der Waals surface area contributed by atoms with Crippen LogP contribution in [0.25, 0.3) is 0 Å². The fourth-order valence-electron chi connectivity index (χ4n) is 2.16. The van der Waals surface area contributed by atoms with Crippen molar-refractivity contribution in [1.82, 2.24) is 5.43 Å². The summed E-state index contributed by atoms with van der Waals surface area (Å²) in [4.78, 5) is 11.6. The number of fused-ring (bicyclic) bond motifs is 1. The minimum atomic E-state index is -0.0992. The number of hydrogen-bond acceptors (Lipinski definition) is 3. The maximum Gasteiger partial charge on any atom is 0.244 e. The second-order valence-corrected chi connectivity index (χ2v) is 4.45. The van der Waals surface area contributed by atoms with Crippen LogP contribution in [0.2, 0.25) is 0 Å². The van der Waals surface area contributed by atoms with Gasteiger partial charge in [-0.25, -0.2) is 5.43 Å². The van der Waals surface area contributed by atoms with Gasteiger partial charge in [0, 0.05) is 16.8 Å². The number of carbonyl (C=O) groups is 1. The number of nitrogens with two attached hydrogens (primary N) is 1. The number of nitrogens with zero attached hydrogens (tertiary/aromatic N) is 1. The molecule has 1 aliphatic heterocycles. The first-order chi connectivity index (χ1) is 9.24. The van der Waals surface area contributed by atoms with Gasteiger partial charge in [-0.15, -0.1) is 0 Å². The van der Waals surface area contributed by atoms with Crippen molar-refractivity contribution in [2.75, 3.05) is 5.73 Å². The molecule has 1 heterocycles. The highest BCUT2D eigenvalue weighted by atomic mass is 16.2. The number of carbonyl (C=O) groups excluding carboxylic acids is 1. The highest BCUT2D eigenvalue weighted by Crippen LogP contribution is 2.19. The zero-order valence-electron chi connectivity index (χ0n) is 10.3. The maximum absolute atomic E-state index is 11.6. The molecule has 2 aromatic carbocycles. The van der Waals surface area contributed by atoms with E-state index in [9.17, 15) is 4.79 Å². The lowest BCUT2D eigenvalue weighted by molar-refractivity contribution is -0.120. The average Bonchev–Trinajstić information content (AvgIpc) is 2.58. The van der Waals surface area contributed by atoms with Crippen LogP contribution >= 0.6 is 0 Å². The third kappa shape index (κ3) is 2.20. The number of nitrogen functional groups attached to an aromatic ring is 1. The Morgan fingerprint density at radius 3 is 2.58 bits per heavy atom. The van der Waals surface area contributed by atoms with Crippen LogP contribution in [0.3, 0.4) is 0 Å². The molecule has 0 unspecified atom stereocenters. The molecule has 1 aliphatic rings. The number of amides is 1. The highest BCUT2D eigenvalue weighted by Gasteiger charge is 2.17. The van der Waals surface area contributed by atoms with Crippen molar-refractivity contribution in [3.8, 4) is 0 Å². The minimum absolute atomic E-state index is 0.0992. The molecule has 0 spiro atoms. The molecule has 4 nitrogen and oxygen atoms in total. The number of rotatable bonds is 1. The summed E-state index contributed by atoms with van der Waals surface area (Å²) in [6, 6.07) is 15.3. The molecule has 0 aromatic heterocycles. The smallest absolute Gasteiger partial charge is 0.244 e. The molecule has 0 bridgehead atoms. The van der Waals surface area contributed by atoms with Gasteiger partial charge in [0.1, 0.15) is 0 Å². The number of hydrazone groups is 1. The Balaban J connectivity index is 2.14. The van der Waals surface area contributed by atoms with E-state index in [2.05, 4.69) is 10.5 Å². The quantitative estimate of drug-likeness (QED) is 0.757. The summed E-state index contributed by atoms with van der Waals surface area (Å²) in [6.07, 6.45) is 0.345. The van der Waals surface area contributed by atoms with E-state index in [4.69, 9.17) is 5.73 Å². The van der Waals surface area contributed by atoms with Crippen LogP contribution in [-0.2, 0) is 11.2 Å². The number of anilines is 1. The first kappa shape index (κ1) is 11.5. The lowest BCUT2D eigenvalue weighted by Crippen LogP contribution is -2.18. The summed E-state index contributed by atoms with van der Waals surface area (Å²) in [6.45, 7) is 0. The number of hydrogen-bond donors (Lipinski definition) is 2. The van der Waals surface area contributed by atoms with Crippen LogP contribution < -0.4 is 11.2 Å². The summed E-state index contributed by atoms with van der Waals surface area (Å²) < 4.78 is 0. The van der Waals surface area contributed by atoms with Crippen LogP contribution in [0.4, 0.5) is 5.69 Å². The van der Waals surface area contributed by atoms with Crippen LogP contribution in [0.5, 0.6) is 0 Å². The molecule has 3 rings (SSSR count). The van der Waals surface area contributed by atoms with Gasteiger partial charge in [0.25, 0.3) is 0 Å². The summed E-state index contributed by atoms with van der Waals surface area (Å²) in [5, 5.41) is 4.22. The topological polar surface area (TPSA) is 67.5 Å². The van der Waals surface area contributed by atoms with E-state index in [1.165, 1.54) is 0 Å². The van der Waals surface area contributed by atoms with E-state index in [-0.39, 0.29) is 5.91 Å². The van der Waals surface area contributed by atoms with Crippen molar-refractivity contribution in [2.45, 2.75) is 6.42 Å². The number of nitrogens with one attached hydrogen (secondary N) is 1. The van der Waals surface area contributed by atoms with Gasteiger partial charge in [0.2, 0.25) is 5.91 Å². The number of benzene rings is 2. The molecule has 94 valence electrons. The van der Waals surface area contributed by atoms with Crippen molar-refractivity contribution >= 4 is 17.3 Å². The van der Waals surface area contributed by atoms with Crippen LogP contribution in [0.15, 0.2) is 53.6 Å². The molecule has 0 aliphatic carbocycles. The summed E-state index contributed by atoms with van der Waals surface area (Å²) in [7, 11) is 0. The van der Waals surface area contributed by atoms with Gasteiger partial charge in [0.15, 0.2) is 0 Å². The zero-order chi connectivity index (χ0) is 13.2. The van der Waals surface area contributed by atoms with Crippen molar-refractivity contribution in [1.29, 1.82) is 0 Å². The molecule has 0 fully saturated rings. The van der Waals surface area contributed by atoms with E-state index in [0.717, 1.165) is 22.4 Å². The Labute approximate surface area is 110 Å². The van der Waals surface area contributed by atoms with Gasteiger partial charge in [-0.2, -0.15) is 5.10 Å². The first-order valence-electron chi connectivity index (χ1n) is 6.05. The Bertz CT molecular complexity index is 659. The molecule has 2 aromatic rings. The molecule has 0 atom stereocenters. The molecule has 0 saturated heterocycles. The minimum Gasteiger partial charge on any atom is -0.399 e. The van der Waals surface area contributed by atoms with Crippen molar-refractivity contribution < 1.29 is 4.79 Å². The predicted octanol–water partition coefficient (Wildman–Crippen LogP) is 1.69. The SMILES string of the molecule is Nc1ccc(C2=NNC(=O)Cc3ccccc32)cc1. The monoisotopic (exact) mass is 251 g/mol. The molecule has 0 radical (unpaired) electrons. The van der Waals surface area contributed by atoms with E-state index in [1.807, 2.05) is 48.5 Å². The van der Waals surface area contributed by atoms with E-state index >= 15 is 0 Å². The van der Waals surface area contributed by atoms with Gasteiger partial charge >= 0.3 is 0 Å². The second kappa shape index (κ2) is 4.57. The van der Waals surface area contributed by atoms with E-state index in [1.54, 1.807) is 0 Å². The molecule has 4 heteroatoms. The third-order valence-corrected chi connectivity index (χ3v) is 3.10. The lowest BCUT2D eigenvalue weighted by atomic mass is 9.96. The van der Waals surface area contributed by atoms with Crippen LogP contribution in [0, 0.1) is 0 Å². The molecular formula is C15H13N3O. The van der Waals surface area contributed by atoms with Gasteiger partial charge in [-0.05, 0) is 17.7 Å². The molecule has 1 amide bonds. The van der Waals surface area contributed by atoms with Crippen molar-refractivity contribution in [3.05, 3.63) is 65.2 Å². The normalized spacial score (nSPS) is 14.1. The van der Waals surface area contributed by atoms with Gasteiger partial charge in [-0.3, -0.25) is 4.79 Å². The van der Waals surface area contributed by atoms with Crippen LogP contribution in [-0.4, -0.2) is 11.6 Å². The predicted molar refractivity (Wildman–Crippen MR) is 74.8 cm³/mol. The highest BCUT2D eigenvalue weighted by molar-refractivity contribution is 6.15. The summed E-state index contributed by atoms with van der Waals surface area (Å²) >= 11 is 0. The molecule has 3 N–H and O–H groups in total. The Morgan fingerprint density at radius 2 is 1.79 bits per heavy atom. The maximum atomic E-state index is 11.6. The fraction of sp³-hybridized carbons (Fsp3) is 0.0667. The average molecular weight is 251 g/mol. The van der Waals surface area contributed by atoms with Gasteiger partial charge in [0.05, 0.1) is 12.1 Å². The standard InChI is InChI=1S/C15H13N3O/c16-12-7-5-10(6-8-12)15-13-4-2-1-3-11(13)9-14(19)17-18-15/h1-8H,9,16H2,(H,17,19). The first-order valence-corrected chi connectivity index (χ1v) is 6.05. The summed E-state index contributed by atoms with van der Waals surface area (Å²) in [5.74, 6) is -0.0992. The van der Waals surface area contributed by atoms with Gasteiger partial charge in [-0.1, -0.05) is 36.4 Å². The third-order valence-electron chi connectivity index (χ3n) is 3.10. The zero-order valence-corrected chi connectivity index (χ0v) is 10.3.